The van der Waals surface area contributed by atoms with Crippen molar-refractivity contribution in [1.82, 2.24) is 4.72 Å². The lowest BCUT2D eigenvalue weighted by Crippen LogP contribution is -2.38. The first-order valence-corrected chi connectivity index (χ1v) is 7.20. The minimum atomic E-state index is -3.64. The Labute approximate surface area is 108 Å². The zero-order valence-corrected chi connectivity index (χ0v) is 11.7. The first kappa shape index (κ1) is 13.9. The molecule has 90 valence electrons. The molecule has 0 aliphatic heterocycles. The van der Waals surface area contributed by atoms with E-state index in [9.17, 15) is 8.42 Å². The van der Waals surface area contributed by atoms with E-state index in [0.29, 0.717) is 4.47 Å². The van der Waals surface area contributed by atoms with Gasteiger partial charge in [0.05, 0.1) is 5.02 Å². The highest BCUT2D eigenvalue weighted by atomic mass is 79.9. The molecule has 0 saturated heterocycles. The van der Waals surface area contributed by atoms with Crippen LogP contribution in [0.1, 0.15) is 6.92 Å². The number of benzene rings is 1. The molecular formula is C9H12BrClN2O2S. The molecule has 0 bridgehead atoms. The van der Waals surface area contributed by atoms with Crippen LogP contribution >= 0.6 is 27.5 Å². The van der Waals surface area contributed by atoms with Gasteiger partial charge in [-0.05, 0) is 35.0 Å². The Balaban J connectivity index is 3.17. The van der Waals surface area contributed by atoms with Gasteiger partial charge in [-0.15, -0.1) is 0 Å². The molecular weight excluding hydrogens is 316 g/mol. The molecule has 1 rings (SSSR count). The van der Waals surface area contributed by atoms with Crippen molar-refractivity contribution < 1.29 is 8.42 Å². The van der Waals surface area contributed by atoms with Gasteiger partial charge in [0.1, 0.15) is 4.90 Å². The number of hydrogen-bond acceptors (Lipinski definition) is 3. The van der Waals surface area contributed by atoms with Crippen LogP contribution in [0.4, 0.5) is 0 Å². The number of rotatable bonds is 4. The average Bonchev–Trinajstić information content (AvgIpc) is 2.16. The molecule has 0 aliphatic rings. The second-order valence-electron chi connectivity index (χ2n) is 3.31. The monoisotopic (exact) mass is 326 g/mol. The van der Waals surface area contributed by atoms with Crippen molar-refractivity contribution in [1.29, 1.82) is 0 Å². The molecule has 0 aliphatic carbocycles. The summed E-state index contributed by atoms with van der Waals surface area (Å²) in [6.45, 7) is 1.91. The van der Waals surface area contributed by atoms with E-state index in [2.05, 4.69) is 20.7 Å². The molecule has 7 heteroatoms. The quantitative estimate of drug-likeness (QED) is 0.884. The first-order chi connectivity index (χ1) is 7.38. The summed E-state index contributed by atoms with van der Waals surface area (Å²) < 4.78 is 26.8. The second-order valence-corrected chi connectivity index (χ2v) is 6.22. The van der Waals surface area contributed by atoms with Crippen molar-refractivity contribution in [2.75, 3.05) is 6.54 Å². The molecule has 16 heavy (non-hydrogen) atoms. The molecule has 0 fully saturated rings. The van der Waals surface area contributed by atoms with Crippen molar-refractivity contribution in [3.63, 3.8) is 0 Å². The summed E-state index contributed by atoms with van der Waals surface area (Å²) in [7, 11) is -3.64. The van der Waals surface area contributed by atoms with Crippen LogP contribution in [0.3, 0.4) is 0 Å². The van der Waals surface area contributed by atoms with Gasteiger partial charge < -0.3 is 5.73 Å². The van der Waals surface area contributed by atoms with E-state index in [4.69, 9.17) is 17.3 Å². The SMILES string of the molecule is C[C@H](CN)NS(=O)(=O)c1c(Cl)cccc1Br. The zero-order chi connectivity index (χ0) is 12.3. The number of halogens is 2. The normalized spacial score (nSPS) is 13.8. The van der Waals surface area contributed by atoms with Gasteiger partial charge in [0.15, 0.2) is 0 Å². The van der Waals surface area contributed by atoms with E-state index >= 15 is 0 Å². The van der Waals surface area contributed by atoms with E-state index in [1.807, 2.05) is 0 Å². The third-order valence-electron chi connectivity index (χ3n) is 1.90. The Morgan fingerprint density at radius 3 is 2.69 bits per heavy atom. The van der Waals surface area contributed by atoms with Crippen LogP contribution in [0, 0.1) is 0 Å². The molecule has 0 spiro atoms. The van der Waals surface area contributed by atoms with Gasteiger partial charge in [-0.2, -0.15) is 0 Å². The second kappa shape index (κ2) is 5.46. The Morgan fingerprint density at radius 1 is 1.56 bits per heavy atom. The van der Waals surface area contributed by atoms with Crippen molar-refractivity contribution in [2.24, 2.45) is 5.73 Å². The third kappa shape index (κ3) is 3.18. The topological polar surface area (TPSA) is 72.2 Å². The van der Waals surface area contributed by atoms with Crippen molar-refractivity contribution in [2.45, 2.75) is 17.9 Å². The molecule has 0 radical (unpaired) electrons. The molecule has 0 aromatic heterocycles. The van der Waals surface area contributed by atoms with Gasteiger partial charge in [-0.3, -0.25) is 0 Å². The molecule has 0 amide bonds. The number of hydrogen-bond donors (Lipinski definition) is 2. The van der Waals surface area contributed by atoms with E-state index in [1.165, 1.54) is 6.07 Å². The van der Waals surface area contributed by atoms with E-state index in [1.54, 1.807) is 19.1 Å². The fourth-order valence-corrected chi connectivity index (χ4v) is 4.10. The maximum atomic E-state index is 12.0. The lowest BCUT2D eigenvalue weighted by atomic mass is 10.4. The lowest BCUT2D eigenvalue weighted by molar-refractivity contribution is 0.562. The summed E-state index contributed by atoms with van der Waals surface area (Å²) in [5.41, 5.74) is 5.36. The summed E-state index contributed by atoms with van der Waals surface area (Å²) >= 11 is 9.02. The predicted octanol–water partition coefficient (Wildman–Crippen LogP) is 1.73. The highest BCUT2D eigenvalue weighted by Gasteiger charge is 2.22. The Bertz CT molecular complexity index is 458. The third-order valence-corrected chi connectivity index (χ3v) is 4.94. The highest BCUT2D eigenvalue weighted by Crippen LogP contribution is 2.29. The van der Waals surface area contributed by atoms with Crippen molar-refractivity contribution in [3.05, 3.63) is 27.7 Å². The van der Waals surface area contributed by atoms with Crippen LogP contribution < -0.4 is 10.5 Å². The summed E-state index contributed by atoms with van der Waals surface area (Å²) in [6, 6.07) is 4.47. The van der Waals surface area contributed by atoms with Gasteiger partial charge in [0.25, 0.3) is 0 Å². The molecule has 0 heterocycles. The van der Waals surface area contributed by atoms with E-state index < -0.39 is 10.0 Å². The number of nitrogens with two attached hydrogens (primary N) is 1. The predicted molar refractivity (Wildman–Crippen MR) is 68.0 cm³/mol. The Kier molecular flexibility index (Phi) is 4.75. The maximum Gasteiger partial charge on any atom is 0.243 e. The number of nitrogens with one attached hydrogen (secondary N) is 1. The molecule has 4 nitrogen and oxygen atoms in total. The Hall–Kier alpha value is -0.140. The largest absolute Gasteiger partial charge is 0.329 e. The van der Waals surface area contributed by atoms with Crippen LogP contribution in [0.15, 0.2) is 27.6 Å². The molecule has 0 saturated carbocycles. The van der Waals surface area contributed by atoms with Gasteiger partial charge in [-0.1, -0.05) is 17.7 Å². The molecule has 1 atom stereocenters. The van der Waals surface area contributed by atoms with Crippen LogP contribution in [0.5, 0.6) is 0 Å². The van der Waals surface area contributed by atoms with Gasteiger partial charge in [0, 0.05) is 17.1 Å². The van der Waals surface area contributed by atoms with E-state index in [-0.39, 0.29) is 22.5 Å². The molecule has 1 aromatic rings. The molecule has 3 N–H and O–H groups in total. The van der Waals surface area contributed by atoms with Crippen LogP contribution in [0.25, 0.3) is 0 Å². The minimum absolute atomic E-state index is 0.0389. The lowest BCUT2D eigenvalue weighted by Gasteiger charge is -2.13. The fourth-order valence-electron chi connectivity index (χ4n) is 1.11. The van der Waals surface area contributed by atoms with Gasteiger partial charge >= 0.3 is 0 Å². The smallest absolute Gasteiger partial charge is 0.243 e. The standard InChI is InChI=1S/C9H12BrClN2O2S/c1-6(5-12)13-16(14,15)9-7(10)3-2-4-8(9)11/h2-4,6,13H,5,12H2,1H3/t6-/m1/s1. The minimum Gasteiger partial charge on any atom is -0.329 e. The van der Waals surface area contributed by atoms with Crippen LogP contribution in [0.2, 0.25) is 5.02 Å². The summed E-state index contributed by atoms with van der Waals surface area (Å²) in [5, 5.41) is 0.172. The van der Waals surface area contributed by atoms with Crippen LogP contribution in [-0.2, 0) is 10.0 Å². The zero-order valence-electron chi connectivity index (χ0n) is 8.57. The number of sulfonamides is 1. The molecule has 1 aromatic carbocycles. The van der Waals surface area contributed by atoms with Crippen molar-refractivity contribution in [3.8, 4) is 0 Å². The van der Waals surface area contributed by atoms with Gasteiger partial charge in [0.2, 0.25) is 10.0 Å². The first-order valence-electron chi connectivity index (χ1n) is 4.55. The van der Waals surface area contributed by atoms with Crippen molar-refractivity contribution >= 4 is 37.6 Å². The Morgan fingerprint density at radius 2 is 2.19 bits per heavy atom. The summed E-state index contributed by atoms with van der Waals surface area (Å²) in [6.07, 6.45) is 0. The van der Waals surface area contributed by atoms with Crippen LogP contribution in [-0.4, -0.2) is 21.0 Å². The van der Waals surface area contributed by atoms with Gasteiger partial charge in [-0.25, -0.2) is 13.1 Å². The van der Waals surface area contributed by atoms with E-state index in [0.717, 1.165) is 0 Å². The molecule has 0 unspecified atom stereocenters. The summed E-state index contributed by atoms with van der Waals surface area (Å²) in [5.74, 6) is 0. The fraction of sp³-hybridized carbons (Fsp3) is 0.333. The summed E-state index contributed by atoms with van der Waals surface area (Å²) in [4.78, 5) is 0.0389. The average molecular weight is 328 g/mol. The maximum absolute atomic E-state index is 12.0. The highest BCUT2D eigenvalue weighted by molar-refractivity contribution is 9.10.